The molecule has 0 aromatic heterocycles. The lowest BCUT2D eigenvalue weighted by Crippen LogP contribution is -2.31. The molecule has 0 saturated heterocycles. The second-order valence-electron chi connectivity index (χ2n) is 4.99. The molecule has 1 rings (SSSR count). The lowest BCUT2D eigenvalue weighted by molar-refractivity contribution is 0.274. The van der Waals surface area contributed by atoms with Gasteiger partial charge in [0.25, 0.3) is 0 Å². The molecule has 0 aliphatic rings. The van der Waals surface area contributed by atoms with Crippen molar-refractivity contribution < 1.29 is 0 Å². The fraction of sp³-hybridized carbons (Fsp3) is 0.600. The molecule has 96 valence electrons. The van der Waals surface area contributed by atoms with Crippen molar-refractivity contribution in [1.82, 2.24) is 10.2 Å². The zero-order chi connectivity index (χ0) is 12.5. The van der Waals surface area contributed by atoms with Gasteiger partial charge in [-0.2, -0.15) is 0 Å². The molecule has 2 heteroatoms. The van der Waals surface area contributed by atoms with Crippen LogP contribution < -0.4 is 5.32 Å². The summed E-state index contributed by atoms with van der Waals surface area (Å²) in [6, 6.07) is 10.7. The minimum Gasteiger partial charge on any atom is -0.316 e. The van der Waals surface area contributed by atoms with E-state index < -0.39 is 0 Å². The van der Waals surface area contributed by atoms with Gasteiger partial charge in [-0.15, -0.1) is 0 Å². The van der Waals surface area contributed by atoms with Crippen LogP contribution in [0.5, 0.6) is 0 Å². The monoisotopic (exact) mass is 234 g/mol. The number of rotatable bonds is 8. The summed E-state index contributed by atoms with van der Waals surface area (Å²) in [5.41, 5.74) is 1.39. The van der Waals surface area contributed by atoms with Crippen LogP contribution in [0, 0.1) is 5.92 Å². The van der Waals surface area contributed by atoms with E-state index in [1.807, 2.05) is 0 Å². The Balaban J connectivity index is 2.22. The number of hydrogen-bond donors (Lipinski definition) is 1. The Kier molecular flexibility index (Phi) is 6.90. The van der Waals surface area contributed by atoms with E-state index in [1.165, 1.54) is 12.0 Å². The van der Waals surface area contributed by atoms with Gasteiger partial charge >= 0.3 is 0 Å². The lowest BCUT2D eigenvalue weighted by atomic mass is 10.1. The Bertz CT molecular complexity index is 284. The molecule has 0 radical (unpaired) electrons. The van der Waals surface area contributed by atoms with Crippen molar-refractivity contribution in [3.63, 3.8) is 0 Å². The highest BCUT2D eigenvalue weighted by atomic mass is 15.1. The molecule has 1 N–H and O–H groups in total. The Morgan fingerprint density at radius 3 is 2.59 bits per heavy atom. The zero-order valence-corrected chi connectivity index (χ0v) is 11.4. The van der Waals surface area contributed by atoms with Gasteiger partial charge in [-0.1, -0.05) is 44.2 Å². The predicted molar refractivity (Wildman–Crippen MR) is 75.1 cm³/mol. The van der Waals surface area contributed by atoms with Crippen LogP contribution in [-0.4, -0.2) is 31.6 Å². The Morgan fingerprint density at radius 1 is 1.24 bits per heavy atom. The van der Waals surface area contributed by atoms with Crippen LogP contribution in [0.4, 0.5) is 0 Å². The Hall–Kier alpha value is -0.860. The molecule has 0 aliphatic carbocycles. The number of hydrogen-bond acceptors (Lipinski definition) is 2. The van der Waals surface area contributed by atoms with Gasteiger partial charge < -0.3 is 10.2 Å². The molecule has 1 atom stereocenters. The zero-order valence-electron chi connectivity index (χ0n) is 11.4. The lowest BCUT2D eigenvalue weighted by Gasteiger charge is -2.21. The van der Waals surface area contributed by atoms with E-state index >= 15 is 0 Å². The van der Waals surface area contributed by atoms with Crippen LogP contribution in [0.2, 0.25) is 0 Å². The van der Waals surface area contributed by atoms with Crippen molar-refractivity contribution in [3.05, 3.63) is 35.9 Å². The summed E-state index contributed by atoms with van der Waals surface area (Å²) in [6.45, 7) is 8.95. The summed E-state index contributed by atoms with van der Waals surface area (Å²) < 4.78 is 0. The maximum atomic E-state index is 3.48. The molecule has 0 saturated carbocycles. The number of nitrogens with one attached hydrogen (secondary N) is 1. The van der Waals surface area contributed by atoms with Crippen molar-refractivity contribution in [2.75, 3.05) is 26.7 Å². The van der Waals surface area contributed by atoms with Crippen LogP contribution in [-0.2, 0) is 6.54 Å². The fourth-order valence-corrected chi connectivity index (χ4v) is 2.08. The van der Waals surface area contributed by atoms with Gasteiger partial charge in [0.1, 0.15) is 0 Å². The van der Waals surface area contributed by atoms with Crippen LogP contribution >= 0.6 is 0 Å². The molecular weight excluding hydrogens is 208 g/mol. The molecule has 1 unspecified atom stereocenters. The van der Waals surface area contributed by atoms with Crippen LogP contribution in [0.3, 0.4) is 0 Å². The van der Waals surface area contributed by atoms with E-state index in [0.29, 0.717) is 5.92 Å². The molecule has 0 bridgehead atoms. The first-order valence-electron chi connectivity index (χ1n) is 6.65. The van der Waals surface area contributed by atoms with E-state index in [0.717, 1.165) is 26.2 Å². The molecule has 17 heavy (non-hydrogen) atoms. The van der Waals surface area contributed by atoms with Gasteiger partial charge in [-0.3, -0.25) is 0 Å². The molecule has 0 spiro atoms. The first kappa shape index (κ1) is 14.2. The Labute approximate surface area is 106 Å². The van der Waals surface area contributed by atoms with Gasteiger partial charge in [0.2, 0.25) is 0 Å². The minimum atomic E-state index is 0.704. The molecular formula is C15H26N2. The second kappa shape index (κ2) is 8.26. The van der Waals surface area contributed by atoms with Crippen molar-refractivity contribution in [3.8, 4) is 0 Å². The smallest absolute Gasteiger partial charge is 0.0230 e. The quantitative estimate of drug-likeness (QED) is 0.696. The van der Waals surface area contributed by atoms with E-state index in [4.69, 9.17) is 0 Å². The third-order valence-corrected chi connectivity index (χ3v) is 2.84. The molecule has 1 aromatic rings. The minimum absolute atomic E-state index is 0.704. The molecule has 1 aromatic carbocycles. The predicted octanol–water partition coefficient (Wildman–Crippen LogP) is 2.75. The second-order valence-corrected chi connectivity index (χ2v) is 4.99. The van der Waals surface area contributed by atoms with Gasteiger partial charge in [0.05, 0.1) is 0 Å². The molecule has 2 nitrogen and oxygen atoms in total. The van der Waals surface area contributed by atoms with E-state index in [2.05, 4.69) is 61.4 Å². The summed E-state index contributed by atoms with van der Waals surface area (Å²) in [5, 5.41) is 3.48. The Morgan fingerprint density at radius 2 is 1.94 bits per heavy atom. The van der Waals surface area contributed by atoms with Crippen molar-refractivity contribution >= 4 is 0 Å². The normalized spacial score (nSPS) is 12.9. The summed E-state index contributed by atoms with van der Waals surface area (Å²) in [6.07, 6.45) is 1.21. The standard InChI is InChI=1S/C15H26N2/c1-4-10-16-11-14(2)12-17(3)13-15-8-6-5-7-9-15/h5-9,14,16H,4,10-13H2,1-3H3. The van der Waals surface area contributed by atoms with Crippen molar-refractivity contribution in [2.24, 2.45) is 5.92 Å². The molecule has 0 fully saturated rings. The maximum absolute atomic E-state index is 3.48. The first-order valence-corrected chi connectivity index (χ1v) is 6.65. The molecule has 0 heterocycles. The fourth-order valence-electron chi connectivity index (χ4n) is 2.08. The maximum Gasteiger partial charge on any atom is 0.0230 e. The van der Waals surface area contributed by atoms with Crippen LogP contribution in [0.25, 0.3) is 0 Å². The summed E-state index contributed by atoms with van der Waals surface area (Å²) >= 11 is 0. The summed E-state index contributed by atoms with van der Waals surface area (Å²) in [7, 11) is 2.20. The topological polar surface area (TPSA) is 15.3 Å². The number of nitrogens with zero attached hydrogens (tertiary/aromatic N) is 1. The van der Waals surface area contributed by atoms with Gasteiger partial charge in [-0.05, 0) is 38.0 Å². The molecule has 0 amide bonds. The summed E-state index contributed by atoms with van der Waals surface area (Å²) in [5.74, 6) is 0.704. The average Bonchev–Trinajstić information content (AvgIpc) is 2.30. The largest absolute Gasteiger partial charge is 0.316 e. The third kappa shape index (κ3) is 6.44. The number of benzene rings is 1. The van der Waals surface area contributed by atoms with Crippen LogP contribution in [0.15, 0.2) is 30.3 Å². The highest BCUT2D eigenvalue weighted by molar-refractivity contribution is 5.14. The van der Waals surface area contributed by atoms with Crippen molar-refractivity contribution in [1.29, 1.82) is 0 Å². The van der Waals surface area contributed by atoms with E-state index in [9.17, 15) is 0 Å². The first-order chi connectivity index (χ1) is 8.22. The van der Waals surface area contributed by atoms with E-state index in [1.54, 1.807) is 0 Å². The molecule has 0 aliphatic heterocycles. The highest BCUT2D eigenvalue weighted by Gasteiger charge is 2.06. The SMILES string of the molecule is CCCNCC(C)CN(C)Cc1ccccc1. The highest BCUT2D eigenvalue weighted by Crippen LogP contribution is 2.05. The van der Waals surface area contributed by atoms with Gasteiger partial charge in [-0.25, -0.2) is 0 Å². The van der Waals surface area contributed by atoms with Crippen LogP contribution in [0.1, 0.15) is 25.8 Å². The average molecular weight is 234 g/mol. The van der Waals surface area contributed by atoms with Gasteiger partial charge in [0.15, 0.2) is 0 Å². The van der Waals surface area contributed by atoms with E-state index in [-0.39, 0.29) is 0 Å². The third-order valence-electron chi connectivity index (χ3n) is 2.84. The van der Waals surface area contributed by atoms with Crippen molar-refractivity contribution in [2.45, 2.75) is 26.8 Å². The van der Waals surface area contributed by atoms with Gasteiger partial charge in [0, 0.05) is 13.1 Å². The summed E-state index contributed by atoms with van der Waals surface area (Å²) in [4.78, 5) is 2.40.